The van der Waals surface area contributed by atoms with E-state index < -0.39 is 0 Å². The second-order valence-corrected chi connectivity index (χ2v) is 1.55. The average Bonchev–Trinajstić information content (AvgIpc) is 1.83. The van der Waals surface area contributed by atoms with Crippen LogP contribution in [0.15, 0.2) is 0 Å². The molecule has 4 heteroatoms. The first-order chi connectivity index (χ1) is 3.81. The van der Waals surface area contributed by atoms with Crippen molar-refractivity contribution >= 4 is 0 Å². The first-order valence-corrected chi connectivity index (χ1v) is 2.49. The van der Waals surface area contributed by atoms with E-state index in [4.69, 9.17) is 15.9 Å². The molecule has 0 aliphatic carbocycles. The molecule has 0 aliphatic rings. The van der Waals surface area contributed by atoms with Crippen molar-refractivity contribution < 1.29 is 10.2 Å². The molecule has 0 saturated heterocycles. The van der Waals surface area contributed by atoms with Gasteiger partial charge in [0.1, 0.15) is 0 Å². The summed E-state index contributed by atoms with van der Waals surface area (Å²) >= 11 is 0. The third-order valence-electron chi connectivity index (χ3n) is 0.753. The SMILES string of the molecule is NC(CO)CNCO. The summed E-state index contributed by atoms with van der Waals surface area (Å²) in [5.41, 5.74) is 5.24. The summed E-state index contributed by atoms with van der Waals surface area (Å²) in [5, 5.41) is 19.0. The molecule has 0 radical (unpaired) electrons. The van der Waals surface area contributed by atoms with Crippen molar-refractivity contribution in [1.29, 1.82) is 0 Å². The number of hydrogen-bond donors (Lipinski definition) is 4. The minimum Gasteiger partial charge on any atom is -0.395 e. The van der Waals surface area contributed by atoms with Gasteiger partial charge in [-0.15, -0.1) is 0 Å². The standard InChI is InChI=1S/C4H12N2O2/c5-4(2-7)1-6-3-8/h4,6-8H,1-3,5H2. The van der Waals surface area contributed by atoms with Gasteiger partial charge in [0.2, 0.25) is 0 Å². The summed E-state index contributed by atoms with van der Waals surface area (Å²) in [7, 11) is 0. The van der Waals surface area contributed by atoms with Gasteiger partial charge in [0.05, 0.1) is 13.3 Å². The number of nitrogens with two attached hydrogens (primary N) is 1. The van der Waals surface area contributed by atoms with E-state index in [0.29, 0.717) is 6.54 Å². The Kier molecular flexibility index (Phi) is 4.89. The first kappa shape index (κ1) is 7.84. The molecule has 0 heterocycles. The fraction of sp³-hybridized carbons (Fsp3) is 1.00. The summed E-state index contributed by atoms with van der Waals surface area (Å²) in [6.45, 7) is 0.313. The molecule has 0 fully saturated rings. The minimum atomic E-state index is -0.262. The van der Waals surface area contributed by atoms with Crippen LogP contribution < -0.4 is 11.1 Å². The molecule has 0 amide bonds. The normalized spacial score (nSPS) is 13.9. The molecule has 0 aromatic rings. The van der Waals surface area contributed by atoms with Gasteiger partial charge >= 0.3 is 0 Å². The Morgan fingerprint density at radius 1 is 1.50 bits per heavy atom. The van der Waals surface area contributed by atoms with E-state index in [1.54, 1.807) is 0 Å². The number of aliphatic hydroxyl groups is 2. The van der Waals surface area contributed by atoms with Crippen LogP contribution in [-0.4, -0.2) is 36.1 Å². The smallest absolute Gasteiger partial charge is 0.0932 e. The van der Waals surface area contributed by atoms with Gasteiger partial charge in [0.15, 0.2) is 0 Å². The van der Waals surface area contributed by atoms with E-state index in [0.717, 1.165) is 0 Å². The topological polar surface area (TPSA) is 78.5 Å². The number of hydrogen-bond acceptors (Lipinski definition) is 4. The van der Waals surface area contributed by atoms with Crippen LogP contribution in [0.25, 0.3) is 0 Å². The maximum absolute atomic E-state index is 8.31. The Bertz CT molecular complexity index is 51.3. The van der Waals surface area contributed by atoms with Gasteiger partial charge in [-0.25, -0.2) is 0 Å². The van der Waals surface area contributed by atoms with E-state index in [9.17, 15) is 0 Å². The molecular formula is C4H12N2O2. The monoisotopic (exact) mass is 120 g/mol. The van der Waals surface area contributed by atoms with Gasteiger partial charge in [-0.2, -0.15) is 0 Å². The summed E-state index contributed by atoms with van der Waals surface area (Å²) in [4.78, 5) is 0. The molecular weight excluding hydrogens is 108 g/mol. The second-order valence-electron chi connectivity index (χ2n) is 1.55. The van der Waals surface area contributed by atoms with E-state index in [1.807, 2.05) is 0 Å². The third kappa shape index (κ3) is 4.01. The van der Waals surface area contributed by atoms with Gasteiger partial charge in [0.25, 0.3) is 0 Å². The maximum atomic E-state index is 8.31. The van der Waals surface area contributed by atoms with Gasteiger partial charge in [-0.3, -0.25) is 5.32 Å². The van der Waals surface area contributed by atoms with Crippen molar-refractivity contribution in [3.63, 3.8) is 0 Å². The fourth-order valence-electron chi connectivity index (χ4n) is 0.314. The predicted octanol–water partition coefficient (Wildman–Crippen LogP) is -2.15. The van der Waals surface area contributed by atoms with Crippen molar-refractivity contribution in [3.8, 4) is 0 Å². The van der Waals surface area contributed by atoms with Crippen LogP contribution in [0.4, 0.5) is 0 Å². The summed E-state index contributed by atoms with van der Waals surface area (Å²) in [6.07, 6.45) is 0. The third-order valence-corrected chi connectivity index (χ3v) is 0.753. The lowest BCUT2D eigenvalue weighted by atomic mass is 10.3. The number of aliphatic hydroxyl groups excluding tert-OH is 2. The Balaban J connectivity index is 2.86. The Morgan fingerprint density at radius 3 is 2.50 bits per heavy atom. The highest BCUT2D eigenvalue weighted by molar-refractivity contribution is 4.59. The van der Waals surface area contributed by atoms with Crippen LogP contribution in [0, 0.1) is 0 Å². The highest BCUT2D eigenvalue weighted by Gasteiger charge is 1.95. The Morgan fingerprint density at radius 2 is 2.12 bits per heavy atom. The Labute approximate surface area is 48.3 Å². The minimum absolute atomic E-state index is 0.0486. The largest absolute Gasteiger partial charge is 0.395 e. The zero-order valence-corrected chi connectivity index (χ0v) is 4.67. The average molecular weight is 120 g/mol. The molecule has 0 rings (SSSR count). The van der Waals surface area contributed by atoms with Crippen LogP contribution in [0.1, 0.15) is 0 Å². The molecule has 1 unspecified atom stereocenters. The fourth-order valence-corrected chi connectivity index (χ4v) is 0.314. The number of rotatable bonds is 4. The highest BCUT2D eigenvalue weighted by Crippen LogP contribution is 1.68. The summed E-state index contributed by atoms with van der Waals surface area (Å²) < 4.78 is 0. The molecule has 5 N–H and O–H groups in total. The van der Waals surface area contributed by atoms with Crippen molar-refractivity contribution in [2.24, 2.45) is 5.73 Å². The quantitative estimate of drug-likeness (QED) is 0.319. The molecule has 0 aromatic carbocycles. The lowest BCUT2D eigenvalue weighted by molar-refractivity contribution is 0.229. The summed E-state index contributed by atoms with van der Waals surface area (Å²) in [6, 6.07) is -0.262. The van der Waals surface area contributed by atoms with Gasteiger partial charge in [-0.1, -0.05) is 0 Å². The number of nitrogens with one attached hydrogen (secondary N) is 1. The molecule has 0 aromatic heterocycles. The Hall–Kier alpha value is -0.160. The molecule has 1 atom stereocenters. The van der Waals surface area contributed by atoms with E-state index in [2.05, 4.69) is 5.32 Å². The lowest BCUT2D eigenvalue weighted by Gasteiger charge is -2.05. The van der Waals surface area contributed by atoms with Crippen molar-refractivity contribution in [3.05, 3.63) is 0 Å². The molecule has 0 saturated carbocycles. The molecule has 0 aliphatic heterocycles. The van der Waals surface area contributed by atoms with Gasteiger partial charge in [0, 0.05) is 12.6 Å². The van der Waals surface area contributed by atoms with Crippen LogP contribution in [0.2, 0.25) is 0 Å². The molecule has 4 nitrogen and oxygen atoms in total. The van der Waals surface area contributed by atoms with E-state index >= 15 is 0 Å². The van der Waals surface area contributed by atoms with Crippen molar-refractivity contribution in [2.75, 3.05) is 19.9 Å². The van der Waals surface area contributed by atoms with Crippen LogP contribution in [-0.2, 0) is 0 Å². The summed E-state index contributed by atoms with van der Waals surface area (Å²) in [5.74, 6) is 0. The zero-order chi connectivity index (χ0) is 6.41. The van der Waals surface area contributed by atoms with E-state index in [-0.39, 0.29) is 19.4 Å². The first-order valence-electron chi connectivity index (χ1n) is 2.49. The predicted molar refractivity (Wildman–Crippen MR) is 30.1 cm³/mol. The van der Waals surface area contributed by atoms with Crippen LogP contribution in [0.3, 0.4) is 0 Å². The lowest BCUT2D eigenvalue weighted by Crippen LogP contribution is -2.36. The van der Waals surface area contributed by atoms with Crippen LogP contribution >= 0.6 is 0 Å². The van der Waals surface area contributed by atoms with Gasteiger partial charge < -0.3 is 15.9 Å². The second kappa shape index (κ2) is 4.99. The highest BCUT2D eigenvalue weighted by atomic mass is 16.3. The molecule has 8 heavy (non-hydrogen) atoms. The van der Waals surface area contributed by atoms with E-state index in [1.165, 1.54) is 0 Å². The van der Waals surface area contributed by atoms with Gasteiger partial charge in [-0.05, 0) is 0 Å². The molecule has 0 spiro atoms. The maximum Gasteiger partial charge on any atom is 0.0932 e. The zero-order valence-electron chi connectivity index (χ0n) is 4.67. The molecule has 0 bridgehead atoms. The van der Waals surface area contributed by atoms with Crippen molar-refractivity contribution in [2.45, 2.75) is 6.04 Å². The van der Waals surface area contributed by atoms with Crippen LogP contribution in [0.5, 0.6) is 0 Å². The van der Waals surface area contributed by atoms with Crippen molar-refractivity contribution in [1.82, 2.24) is 5.32 Å². The molecule has 50 valence electrons.